The molecule has 1 aliphatic rings. The van der Waals surface area contributed by atoms with Crippen molar-refractivity contribution in [3.8, 4) is 10.6 Å². The number of hydrogen-bond donors (Lipinski definition) is 1. The summed E-state index contributed by atoms with van der Waals surface area (Å²) >= 11 is 1.61. The molecule has 1 N–H and O–H groups in total. The fraction of sp³-hybridized carbons (Fsp3) is 0.333. The Morgan fingerprint density at radius 3 is 2.85 bits per heavy atom. The van der Waals surface area contributed by atoms with Gasteiger partial charge in [0.2, 0.25) is 0 Å². The summed E-state index contributed by atoms with van der Waals surface area (Å²) in [7, 11) is 0. The lowest BCUT2D eigenvalue weighted by atomic mass is 10.1. The van der Waals surface area contributed by atoms with E-state index in [1.807, 2.05) is 41.5 Å². The Bertz CT molecular complexity index is 617. The topological polar surface area (TPSA) is 45.2 Å². The highest BCUT2D eigenvalue weighted by Crippen LogP contribution is 2.24. The number of aryl methyl sites for hydroxylation is 1. The quantitative estimate of drug-likeness (QED) is 0.920. The van der Waals surface area contributed by atoms with Crippen LogP contribution in [0.4, 0.5) is 0 Å². The number of hydrogen-bond acceptors (Lipinski definition) is 4. The Kier molecular flexibility index (Phi) is 3.80. The van der Waals surface area contributed by atoms with E-state index in [4.69, 9.17) is 0 Å². The van der Waals surface area contributed by atoms with E-state index in [1.54, 1.807) is 11.3 Å². The molecule has 0 saturated carbocycles. The molecular weight excluding hydrogens is 270 g/mol. The molecule has 0 spiro atoms. The summed E-state index contributed by atoms with van der Waals surface area (Å²) in [5, 5.41) is 6.26. The van der Waals surface area contributed by atoms with Crippen molar-refractivity contribution in [3.05, 3.63) is 40.9 Å². The number of carbonyl (C=O) groups is 1. The molecule has 1 aliphatic heterocycles. The molecule has 3 rings (SSSR count). The van der Waals surface area contributed by atoms with Gasteiger partial charge in [-0.1, -0.05) is 12.1 Å². The minimum Gasteiger partial charge on any atom is -0.336 e. The van der Waals surface area contributed by atoms with Crippen LogP contribution in [0.5, 0.6) is 0 Å². The molecule has 0 atom stereocenters. The van der Waals surface area contributed by atoms with Crippen molar-refractivity contribution in [3.63, 3.8) is 0 Å². The van der Waals surface area contributed by atoms with E-state index in [1.165, 1.54) is 0 Å². The zero-order chi connectivity index (χ0) is 13.9. The first-order valence-corrected chi connectivity index (χ1v) is 7.64. The predicted molar refractivity (Wildman–Crippen MR) is 81.1 cm³/mol. The molecule has 0 radical (unpaired) electrons. The van der Waals surface area contributed by atoms with E-state index < -0.39 is 0 Å². The van der Waals surface area contributed by atoms with Gasteiger partial charge in [-0.05, 0) is 19.1 Å². The maximum atomic E-state index is 12.5. The number of thiazole rings is 1. The Morgan fingerprint density at radius 2 is 2.15 bits per heavy atom. The zero-order valence-corrected chi connectivity index (χ0v) is 12.2. The van der Waals surface area contributed by atoms with Gasteiger partial charge in [-0.15, -0.1) is 11.3 Å². The molecule has 1 saturated heterocycles. The van der Waals surface area contributed by atoms with Gasteiger partial charge in [0, 0.05) is 48.4 Å². The van der Waals surface area contributed by atoms with Gasteiger partial charge in [0.05, 0.1) is 0 Å². The molecule has 1 aromatic heterocycles. The molecule has 20 heavy (non-hydrogen) atoms. The third kappa shape index (κ3) is 2.73. The summed E-state index contributed by atoms with van der Waals surface area (Å²) in [4.78, 5) is 18.9. The van der Waals surface area contributed by atoms with Gasteiger partial charge in [-0.3, -0.25) is 4.79 Å². The molecular formula is C15H17N3OS. The normalized spacial score (nSPS) is 15.3. The molecule has 4 nitrogen and oxygen atoms in total. The van der Waals surface area contributed by atoms with Crippen molar-refractivity contribution in [2.75, 3.05) is 26.2 Å². The van der Waals surface area contributed by atoms with Crippen LogP contribution in [0, 0.1) is 6.92 Å². The first kappa shape index (κ1) is 13.3. The van der Waals surface area contributed by atoms with E-state index in [-0.39, 0.29) is 5.91 Å². The molecule has 104 valence electrons. The fourth-order valence-corrected chi connectivity index (χ4v) is 3.12. The summed E-state index contributed by atoms with van der Waals surface area (Å²) in [5.41, 5.74) is 2.78. The van der Waals surface area contributed by atoms with E-state index >= 15 is 0 Å². The van der Waals surface area contributed by atoms with Gasteiger partial charge in [0.15, 0.2) is 0 Å². The average Bonchev–Trinajstić information content (AvgIpc) is 2.94. The number of nitrogens with zero attached hydrogens (tertiary/aromatic N) is 2. The standard InChI is InChI=1S/C15H17N3OS/c1-11-10-20-14(17-11)12-3-2-4-13(9-12)15(19)18-7-5-16-6-8-18/h2-4,9-10,16H,5-8H2,1H3. The van der Waals surface area contributed by atoms with Gasteiger partial charge in [-0.25, -0.2) is 4.98 Å². The minimum absolute atomic E-state index is 0.113. The van der Waals surface area contributed by atoms with E-state index in [0.717, 1.165) is 48.0 Å². The minimum atomic E-state index is 0.113. The highest BCUT2D eigenvalue weighted by Gasteiger charge is 2.18. The molecule has 0 unspecified atom stereocenters. The SMILES string of the molecule is Cc1csc(-c2cccc(C(=O)N3CCNCC3)c2)n1. The third-order valence-electron chi connectivity index (χ3n) is 3.38. The summed E-state index contributed by atoms with van der Waals surface area (Å²) < 4.78 is 0. The van der Waals surface area contributed by atoms with E-state index in [9.17, 15) is 4.79 Å². The van der Waals surface area contributed by atoms with Crippen molar-refractivity contribution in [1.82, 2.24) is 15.2 Å². The van der Waals surface area contributed by atoms with E-state index in [0.29, 0.717) is 0 Å². The second-order valence-electron chi connectivity index (χ2n) is 4.92. The maximum Gasteiger partial charge on any atom is 0.253 e. The third-order valence-corrected chi connectivity index (χ3v) is 4.39. The van der Waals surface area contributed by atoms with Crippen molar-refractivity contribution >= 4 is 17.2 Å². The van der Waals surface area contributed by atoms with Gasteiger partial charge >= 0.3 is 0 Å². The summed E-state index contributed by atoms with van der Waals surface area (Å²) in [5.74, 6) is 0.113. The number of amides is 1. The number of carbonyl (C=O) groups excluding carboxylic acids is 1. The highest BCUT2D eigenvalue weighted by atomic mass is 32.1. The van der Waals surface area contributed by atoms with Crippen LogP contribution in [0.1, 0.15) is 16.1 Å². The number of rotatable bonds is 2. The van der Waals surface area contributed by atoms with E-state index in [2.05, 4.69) is 10.3 Å². The summed E-state index contributed by atoms with van der Waals surface area (Å²) in [6.07, 6.45) is 0. The van der Waals surface area contributed by atoms with Crippen LogP contribution in [0.3, 0.4) is 0 Å². The fourth-order valence-electron chi connectivity index (χ4n) is 2.32. The predicted octanol–water partition coefficient (Wildman–Crippen LogP) is 2.16. The first-order valence-electron chi connectivity index (χ1n) is 6.76. The smallest absolute Gasteiger partial charge is 0.253 e. The van der Waals surface area contributed by atoms with Crippen molar-refractivity contribution in [2.45, 2.75) is 6.92 Å². The van der Waals surface area contributed by atoms with Crippen LogP contribution in [0.15, 0.2) is 29.6 Å². The second-order valence-corrected chi connectivity index (χ2v) is 5.78. The highest BCUT2D eigenvalue weighted by molar-refractivity contribution is 7.13. The Hall–Kier alpha value is -1.72. The molecule has 1 aromatic carbocycles. The van der Waals surface area contributed by atoms with Gasteiger partial charge in [0.1, 0.15) is 5.01 Å². The number of aromatic nitrogens is 1. The Labute approximate surface area is 122 Å². The Balaban J connectivity index is 1.85. The maximum absolute atomic E-state index is 12.5. The molecule has 2 aromatic rings. The van der Waals surface area contributed by atoms with Crippen molar-refractivity contribution in [1.29, 1.82) is 0 Å². The molecule has 1 amide bonds. The summed E-state index contributed by atoms with van der Waals surface area (Å²) in [6.45, 7) is 5.28. The van der Waals surface area contributed by atoms with Gasteiger partial charge in [0.25, 0.3) is 5.91 Å². The first-order chi connectivity index (χ1) is 9.74. The molecule has 0 bridgehead atoms. The molecule has 0 aliphatic carbocycles. The van der Waals surface area contributed by atoms with Crippen LogP contribution < -0.4 is 5.32 Å². The molecule has 2 heterocycles. The van der Waals surface area contributed by atoms with Gasteiger partial charge < -0.3 is 10.2 Å². The number of benzene rings is 1. The van der Waals surface area contributed by atoms with Crippen molar-refractivity contribution < 1.29 is 4.79 Å². The molecule has 5 heteroatoms. The lowest BCUT2D eigenvalue weighted by Crippen LogP contribution is -2.46. The summed E-state index contributed by atoms with van der Waals surface area (Å²) in [6, 6.07) is 7.77. The van der Waals surface area contributed by atoms with Crippen LogP contribution in [0.25, 0.3) is 10.6 Å². The largest absolute Gasteiger partial charge is 0.336 e. The average molecular weight is 287 g/mol. The van der Waals surface area contributed by atoms with Crippen LogP contribution >= 0.6 is 11.3 Å². The van der Waals surface area contributed by atoms with Crippen LogP contribution in [-0.2, 0) is 0 Å². The van der Waals surface area contributed by atoms with Crippen LogP contribution in [0.2, 0.25) is 0 Å². The van der Waals surface area contributed by atoms with Crippen LogP contribution in [-0.4, -0.2) is 42.0 Å². The number of nitrogens with one attached hydrogen (secondary N) is 1. The second kappa shape index (κ2) is 5.73. The molecule has 1 fully saturated rings. The lowest BCUT2D eigenvalue weighted by molar-refractivity contribution is 0.0736. The van der Waals surface area contributed by atoms with Gasteiger partial charge in [-0.2, -0.15) is 0 Å². The monoisotopic (exact) mass is 287 g/mol. The van der Waals surface area contributed by atoms with Crippen molar-refractivity contribution in [2.24, 2.45) is 0 Å². The Morgan fingerprint density at radius 1 is 1.35 bits per heavy atom. The number of piperazine rings is 1. The lowest BCUT2D eigenvalue weighted by Gasteiger charge is -2.27. The zero-order valence-electron chi connectivity index (χ0n) is 11.4.